The number of carbonyl (C=O) groups is 1. The molecule has 0 saturated heterocycles. The Labute approximate surface area is 165 Å². The number of hydrogen-bond donors (Lipinski definition) is 2. The molecule has 2 heterocycles. The van der Waals surface area contributed by atoms with Gasteiger partial charge in [0.1, 0.15) is 0 Å². The van der Waals surface area contributed by atoms with Crippen LogP contribution in [0, 0.1) is 6.92 Å². The van der Waals surface area contributed by atoms with Crippen molar-refractivity contribution in [3.63, 3.8) is 0 Å². The predicted molar refractivity (Wildman–Crippen MR) is 111 cm³/mol. The fraction of sp³-hybridized carbons (Fsp3) is 0.150. The van der Waals surface area contributed by atoms with Gasteiger partial charge >= 0.3 is 0 Å². The summed E-state index contributed by atoms with van der Waals surface area (Å²) in [6.45, 7) is 3.81. The van der Waals surface area contributed by atoms with Gasteiger partial charge < -0.3 is 5.32 Å². The van der Waals surface area contributed by atoms with Crippen LogP contribution in [0.1, 0.15) is 23.2 Å². The van der Waals surface area contributed by atoms with Gasteiger partial charge in [0.15, 0.2) is 0 Å². The molecule has 0 spiro atoms. The molecule has 0 radical (unpaired) electrons. The number of aromatic nitrogens is 1. The van der Waals surface area contributed by atoms with E-state index in [4.69, 9.17) is 0 Å². The van der Waals surface area contributed by atoms with Gasteiger partial charge in [-0.2, -0.15) is 5.10 Å². The second-order valence-electron chi connectivity index (χ2n) is 6.20. The maximum absolute atomic E-state index is 12.1. The molecule has 2 N–H and O–H groups in total. The van der Waals surface area contributed by atoms with Gasteiger partial charge in [-0.15, -0.1) is 11.3 Å². The van der Waals surface area contributed by atoms with Crippen LogP contribution >= 0.6 is 23.1 Å². The summed E-state index contributed by atoms with van der Waals surface area (Å²) in [5.74, 6) is -0.166. The zero-order valence-electron chi connectivity index (χ0n) is 14.9. The number of anilines is 2. The van der Waals surface area contributed by atoms with Crippen molar-refractivity contribution in [1.29, 1.82) is 0 Å². The molecule has 1 aliphatic rings. The fourth-order valence-electron chi connectivity index (χ4n) is 2.77. The zero-order valence-corrected chi connectivity index (χ0v) is 16.6. The molecule has 1 aromatic heterocycles. The third kappa shape index (κ3) is 4.04. The van der Waals surface area contributed by atoms with Crippen LogP contribution in [0.2, 0.25) is 0 Å². The van der Waals surface area contributed by atoms with Crippen LogP contribution < -0.4 is 10.7 Å². The maximum atomic E-state index is 12.1. The van der Waals surface area contributed by atoms with Gasteiger partial charge in [-0.25, -0.2) is 10.4 Å². The lowest BCUT2D eigenvalue weighted by molar-refractivity contribution is -0.120. The monoisotopic (exact) mass is 394 g/mol. The topological polar surface area (TPSA) is 66.4 Å². The smallest absolute Gasteiger partial charge is 0.246 e. The third-order valence-corrected chi connectivity index (χ3v) is 6.10. The molecule has 0 bridgehead atoms. The van der Waals surface area contributed by atoms with E-state index in [0.717, 1.165) is 33.4 Å². The van der Waals surface area contributed by atoms with Crippen LogP contribution in [0.4, 0.5) is 11.4 Å². The number of aryl methyl sites for hydroxylation is 1. The van der Waals surface area contributed by atoms with E-state index in [9.17, 15) is 4.79 Å². The minimum absolute atomic E-state index is 0.166. The van der Waals surface area contributed by atoms with Gasteiger partial charge in [0.2, 0.25) is 5.91 Å². The molecule has 1 amide bonds. The van der Waals surface area contributed by atoms with E-state index >= 15 is 0 Å². The van der Waals surface area contributed by atoms with E-state index in [1.165, 1.54) is 9.79 Å². The number of para-hydroxylation sites is 1. The first-order valence-electron chi connectivity index (χ1n) is 8.51. The third-order valence-electron chi connectivity index (χ3n) is 4.13. The van der Waals surface area contributed by atoms with Crippen LogP contribution in [-0.2, 0) is 11.2 Å². The largest absolute Gasteiger partial charge is 0.354 e. The zero-order chi connectivity index (χ0) is 18.8. The number of amides is 1. The summed E-state index contributed by atoms with van der Waals surface area (Å²) >= 11 is 3.29. The molecule has 0 aliphatic carbocycles. The summed E-state index contributed by atoms with van der Waals surface area (Å²) in [6, 6.07) is 14.4. The highest BCUT2D eigenvalue weighted by atomic mass is 32.2. The van der Waals surface area contributed by atoms with E-state index < -0.39 is 0 Å². The Morgan fingerprint density at radius 1 is 1.19 bits per heavy atom. The molecular formula is C20H18N4OS2. The number of hydrazone groups is 1. The lowest BCUT2D eigenvalue weighted by atomic mass is 10.1. The van der Waals surface area contributed by atoms with Crippen LogP contribution in [-0.4, -0.2) is 16.6 Å². The number of nitrogens with zero attached hydrogens (tertiary/aromatic N) is 2. The van der Waals surface area contributed by atoms with Crippen molar-refractivity contribution in [2.24, 2.45) is 5.10 Å². The first-order chi connectivity index (χ1) is 13.1. The van der Waals surface area contributed by atoms with Gasteiger partial charge in [-0.05, 0) is 43.7 Å². The first kappa shape index (κ1) is 17.8. The maximum Gasteiger partial charge on any atom is 0.246 e. The van der Waals surface area contributed by atoms with Crippen LogP contribution in [0.15, 0.2) is 62.7 Å². The number of benzene rings is 2. The molecule has 5 nitrogen and oxygen atoms in total. The Hall–Kier alpha value is -2.64. The van der Waals surface area contributed by atoms with E-state index in [2.05, 4.69) is 45.1 Å². The van der Waals surface area contributed by atoms with Crippen molar-refractivity contribution in [2.75, 3.05) is 5.32 Å². The molecule has 0 saturated carbocycles. The molecule has 0 atom stereocenters. The van der Waals surface area contributed by atoms with Gasteiger partial charge in [-0.1, -0.05) is 30.0 Å². The first-order valence-corrected chi connectivity index (χ1v) is 10.2. The quantitative estimate of drug-likeness (QED) is 0.387. The summed E-state index contributed by atoms with van der Waals surface area (Å²) in [6.07, 6.45) is 0.236. The highest BCUT2D eigenvalue weighted by Crippen LogP contribution is 2.44. The Bertz CT molecular complexity index is 1040. The Kier molecular flexibility index (Phi) is 4.96. The summed E-state index contributed by atoms with van der Waals surface area (Å²) in [5, 5.41) is 10.6. The summed E-state index contributed by atoms with van der Waals surface area (Å²) in [5.41, 5.74) is 7.27. The van der Waals surface area contributed by atoms with E-state index in [1.807, 2.05) is 37.4 Å². The van der Waals surface area contributed by atoms with Gasteiger partial charge in [0.25, 0.3) is 0 Å². The lowest BCUT2D eigenvalue weighted by Gasteiger charge is -2.21. The molecule has 0 unspecified atom stereocenters. The summed E-state index contributed by atoms with van der Waals surface area (Å²) in [4.78, 5) is 18.7. The van der Waals surface area contributed by atoms with Crippen molar-refractivity contribution >= 4 is 46.1 Å². The SMILES string of the molecule is C/C(=N\NC(=O)Cc1csc(C)n1)c1ccc2c(c1)Nc1ccccc1S2. The molecule has 0 fully saturated rings. The van der Waals surface area contributed by atoms with Crippen molar-refractivity contribution < 1.29 is 4.79 Å². The molecule has 4 rings (SSSR count). The number of fused-ring (bicyclic) bond motifs is 2. The van der Waals surface area contributed by atoms with E-state index in [0.29, 0.717) is 0 Å². The Morgan fingerprint density at radius 3 is 2.81 bits per heavy atom. The molecule has 1 aliphatic heterocycles. The van der Waals surface area contributed by atoms with E-state index in [-0.39, 0.29) is 12.3 Å². The molecule has 7 heteroatoms. The average Bonchev–Trinajstić information content (AvgIpc) is 3.08. The standard InChI is InChI=1S/C20H18N4OS2/c1-12(23-24-20(25)10-15-11-26-13(2)21-15)14-7-8-19-17(9-14)22-16-5-3-4-6-18(16)27-19/h3-9,11,22H,10H2,1-2H3,(H,24,25)/b23-12+. The average molecular weight is 395 g/mol. The Morgan fingerprint density at radius 2 is 2.00 bits per heavy atom. The van der Waals surface area contributed by atoms with E-state index in [1.54, 1.807) is 23.1 Å². The second kappa shape index (κ2) is 7.54. The van der Waals surface area contributed by atoms with Crippen molar-refractivity contribution in [2.45, 2.75) is 30.1 Å². The minimum atomic E-state index is -0.166. The van der Waals surface area contributed by atoms with Crippen LogP contribution in [0.25, 0.3) is 0 Å². The highest BCUT2D eigenvalue weighted by molar-refractivity contribution is 7.99. The second-order valence-corrected chi connectivity index (χ2v) is 8.35. The number of carbonyl (C=O) groups excluding carboxylic acids is 1. The molecule has 136 valence electrons. The molecule has 3 aromatic rings. The minimum Gasteiger partial charge on any atom is -0.354 e. The van der Waals surface area contributed by atoms with Crippen LogP contribution in [0.5, 0.6) is 0 Å². The highest BCUT2D eigenvalue weighted by Gasteiger charge is 2.16. The molecular weight excluding hydrogens is 376 g/mol. The van der Waals surface area contributed by atoms with Crippen LogP contribution in [0.3, 0.4) is 0 Å². The fourth-order valence-corrected chi connectivity index (χ4v) is 4.35. The normalized spacial score (nSPS) is 12.7. The van der Waals surface area contributed by atoms with Gasteiger partial charge in [0, 0.05) is 15.2 Å². The molecule has 27 heavy (non-hydrogen) atoms. The number of nitrogens with one attached hydrogen (secondary N) is 2. The Balaban J connectivity index is 1.45. The van der Waals surface area contributed by atoms with Crippen molar-refractivity contribution in [3.8, 4) is 0 Å². The van der Waals surface area contributed by atoms with Crippen molar-refractivity contribution in [3.05, 3.63) is 64.1 Å². The van der Waals surface area contributed by atoms with Gasteiger partial charge in [0.05, 0.1) is 34.2 Å². The molecule has 2 aromatic carbocycles. The summed E-state index contributed by atoms with van der Waals surface area (Å²) in [7, 11) is 0. The lowest BCUT2D eigenvalue weighted by Crippen LogP contribution is -2.21. The number of hydrogen-bond acceptors (Lipinski definition) is 6. The number of thiazole rings is 1. The van der Waals surface area contributed by atoms with Crippen molar-refractivity contribution in [1.82, 2.24) is 10.4 Å². The summed E-state index contributed by atoms with van der Waals surface area (Å²) < 4.78 is 0. The van der Waals surface area contributed by atoms with Gasteiger partial charge in [-0.3, -0.25) is 4.79 Å². The predicted octanol–water partition coefficient (Wildman–Crippen LogP) is 4.74. The number of rotatable bonds is 4.